The van der Waals surface area contributed by atoms with Gasteiger partial charge in [0.25, 0.3) is 0 Å². The van der Waals surface area contributed by atoms with E-state index < -0.39 is 0 Å². The van der Waals surface area contributed by atoms with E-state index in [1.807, 2.05) is 6.92 Å². The van der Waals surface area contributed by atoms with Crippen molar-refractivity contribution in [1.29, 1.82) is 5.26 Å². The van der Waals surface area contributed by atoms with Crippen molar-refractivity contribution in [1.82, 2.24) is 0 Å². The third-order valence-electron chi connectivity index (χ3n) is 1.13. The molecule has 0 bridgehead atoms. The van der Waals surface area contributed by atoms with Crippen molar-refractivity contribution in [2.45, 2.75) is 18.2 Å². The zero-order valence-corrected chi connectivity index (χ0v) is 8.44. The normalized spacial score (nSPS) is 16.2. The Bertz CT molecular complexity index is 108. The summed E-state index contributed by atoms with van der Waals surface area (Å²) in [4.78, 5) is 0.335. The van der Waals surface area contributed by atoms with Crippen LogP contribution >= 0.6 is 31.9 Å². The van der Waals surface area contributed by atoms with Crippen LogP contribution in [0.5, 0.6) is 0 Å². The van der Waals surface area contributed by atoms with Gasteiger partial charge in [-0.2, -0.15) is 5.26 Å². The average molecular weight is 255 g/mol. The van der Waals surface area contributed by atoms with E-state index in [1.54, 1.807) is 0 Å². The minimum atomic E-state index is 0.113. The molecule has 0 radical (unpaired) electrons. The number of nitriles is 1. The molecule has 0 aromatic carbocycles. The highest BCUT2D eigenvalue weighted by molar-refractivity contribution is 9.10. The van der Waals surface area contributed by atoms with Gasteiger partial charge in [-0.25, -0.2) is 0 Å². The first-order valence-electron chi connectivity index (χ1n) is 2.82. The Morgan fingerprint density at radius 2 is 2.22 bits per heavy atom. The van der Waals surface area contributed by atoms with Crippen LogP contribution in [0.15, 0.2) is 0 Å². The van der Waals surface area contributed by atoms with Gasteiger partial charge in [0, 0.05) is 10.2 Å². The number of rotatable bonds is 3. The third kappa shape index (κ3) is 3.94. The Balaban J connectivity index is 3.48. The van der Waals surface area contributed by atoms with Gasteiger partial charge >= 0.3 is 0 Å². The predicted molar refractivity (Wildman–Crippen MR) is 45.9 cm³/mol. The van der Waals surface area contributed by atoms with Crippen LogP contribution in [-0.2, 0) is 0 Å². The molecule has 0 aromatic heterocycles. The quantitative estimate of drug-likeness (QED) is 0.711. The fraction of sp³-hybridized carbons (Fsp3) is 0.833. The van der Waals surface area contributed by atoms with Gasteiger partial charge in [-0.05, 0) is 13.3 Å². The van der Waals surface area contributed by atoms with Gasteiger partial charge in [0.15, 0.2) is 0 Å². The lowest BCUT2D eigenvalue weighted by atomic mass is 10.1. The molecular weight excluding hydrogens is 246 g/mol. The van der Waals surface area contributed by atoms with Gasteiger partial charge in [-0.1, -0.05) is 31.9 Å². The van der Waals surface area contributed by atoms with Crippen molar-refractivity contribution in [3.05, 3.63) is 0 Å². The first-order chi connectivity index (χ1) is 4.22. The summed E-state index contributed by atoms with van der Waals surface area (Å²) >= 11 is 6.72. The maximum Gasteiger partial charge on any atom is 0.0664 e. The molecule has 0 aromatic rings. The lowest BCUT2D eigenvalue weighted by Gasteiger charge is -2.07. The standard InChI is InChI=1S/C6H9Br2N/c1-5(4-9)6(8)2-3-7/h5-6H,2-3H2,1H3. The molecule has 0 fully saturated rings. The van der Waals surface area contributed by atoms with E-state index in [2.05, 4.69) is 37.9 Å². The van der Waals surface area contributed by atoms with Crippen LogP contribution < -0.4 is 0 Å². The predicted octanol–water partition coefficient (Wildman–Crippen LogP) is 2.69. The van der Waals surface area contributed by atoms with Crippen molar-refractivity contribution in [3.63, 3.8) is 0 Å². The zero-order chi connectivity index (χ0) is 7.28. The van der Waals surface area contributed by atoms with E-state index in [0.29, 0.717) is 4.83 Å². The molecule has 0 aliphatic carbocycles. The lowest BCUT2D eigenvalue weighted by Crippen LogP contribution is -2.08. The molecule has 9 heavy (non-hydrogen) atoms. The van der Waals surface area contributed by atoms with Crippen molar-refractivity contribution < 1.29 is 0 Å². The number of alkyl halides is 2. The van der Waals surface area contributed by atoms with Crippen LogP contribution in [0, 0.1) is 17.2 Å². The molecule has 0 saturated carbocycles. The maximum absolute atomic E-state index is 8.44. The smallest absolute Gasteiger partial charge is 0.0664 e. The summed E-state index contributed by atoms with van der Waals surface area (Å²) in [6, 6.07) is 2.18. The topological polar surface area (TPSA) is 23.8 Å². The Kier molecular flexibility index (Phi) is 5.51. The molecule has 1 nitrogen and oxygen atoms in total. The van der Waals surface area contributed by atoms with Crippen LogP contribution in [0.1, 0.15) is 13.3 Å². The van der Waals surface area contributed by atoms with Gasteiger partial charge in [0.1, 0.15) is 0 Å². The monoisotopic (exact) mass is 253 g/mol. The summed E-state index contributed by atoms with van der Waals surface area (Å²) in [6.45, 7) is 1.92. The largest absolute Gasteiger partial charge is 0.198 e. The van der Waals surface area contributed by atoms with Gasteiger partial charge in [-0.3, -0.25) is 0 Å². The first kappa shape index (κ1) is 9.45. The fourth-order valence-corrected chi connectivity index (χ4v) is 1.89. The minimum Gasteiger partial charge on any atom is -0.198 e. The molecule has 0 aliphatic rings. The van der Waals surface area contributed by atoms with E-state index >= 15 is 0 Å². The molecule has 52 valence electrons. The number of hydrogen-bond donors (Lipinski definition) is 0. The van der Waals surface area contributed by atoms with E-state index in [4.69, 9.17) is 5.26 Å². The van der Waals surface area contributed by atoms with E-state index in [-0.39, 0.29) is 5.92 Å². The van der Waals surface area contributed by atoms with Crippen molar-refractivity contribution in [2.24, 2.45) is 5.92 Å². The molecule has 2 unspecified atom stereocenters. The number of halogens is 2. The molecule has 0 heterocycles. The second kappa shape index (κ2) is 5.25. The molecule has 3 heteroatoms. The molecule has 0 rings (SSSR count). The van der Waals surface area contributed by atoms with Gasteiger partial charge < -0.3 is 0 Å². The van der Waals surface area contributed by atoms with Crippen molar-refractivity contribution in [3.8, 4) is 6.07 Å². The Labute approximate surface area is 72.7 Å². The van der Waals surface area contributed by atoms with Crippen molar-refractivity contribution in [2.75, 3.05) is 5.33 Å². The van der Waals surface area contributed by atoms with Crippen molar-refractivity contribution >= 4 is 31.9 Å². The average Bonchev–Trinajstić information content (AvgIpc) is 1.87. The summed E-state index contributed by atoms with van der Waals surface area (Å²) in [5, 5.41) is 9.39. The summed E-state index contributed by atoms with van der Waals surface area (Å²) in [5.41, 5.74) is 0. The molecule has 0 saturated heterocycles. The lowest BCUT2D eigenvalue weighted by molar-refractivity contribution is 0.681. The highest BCUT2D eigenvalue weighted by Gasteiger charge is 2.10. The first-order valence-corrected chi connectivity index (χ1v) is 4.85. The number of hydrogen-bond acceptors (Lipinski definition) is 1. The van der Waals surface area contributed by atoms with E-state index in [9.17, 15) is 0 Å². The zero-order valence-electron chi connectivity index (χ0n) is 5.27. The summed E-state index contributed by atoms with van der Waals surface area (Å²) in [5.74, 6) is 0.113. The molecule has 0 aliphatic heterocycles. The summed E-state index contributed by atoms with van der Waals surface area (Å²) < 4.78 is 0. The molecule has 0 amide bonds. The SMILES string of the molecule is CC(C#N)C(Br)CCBr. The summed E-state index contributed by atoms with van der Waals surface area (Å²) in [6.07, 6.45) is 1.01. The minimum absolute atomic E-state index is 0.113. The maximum atomic E-state index is 8.44. The molecular formula is C6H9Br2N. The van der Waals surface area contributed by atoms with Crippen LogP contribution in [0.2, 0.25) is 0 Å². The molecule has 2 atom stereocenters. The fourth-order valence-electron chi connectivity index (χ4n) is 0.435. The Morgan fingerprint density at radius 1 is 1.67 bits per heavy atom. The Morgan fingerprint density at radius 3 is 2.56 bits per heavy atom. The van der Waals surface area contributed by atoms with Gasteiger partial charge in [0.2, 0.25) is 0 Å². The van der Waals surface area contributed by atoms with Crippen LogP contribution in [0.3, 0.4) is 0 Å². The third-order valence-corrected chi connectivity index (χ3v) is 2.84. The number of nitrogens with zero attached hydrogens (tertiary/aromatic N) is 1. The molecule has 0 spiro atoms. The van der Waals surface area contributed by atoms with Gasteiger partial charge in [0.05, 0.1) is 12.0 Å². The summed E-state index contributed by atoms with van der Waals surface area (Å²) in [7, 11) is 0. The van der Waals surface area contributed by atoms with Crippen LogP contribution in [0.25, 0.3) is 0 Å². The second-order valence-electron chi connectivity index (χ2n) is 1.91. The second-order valence-corrected chi connectivity index (χ2v) is 3.88. The van der Waals surface area contributed by atoms with E-state index in [0.717, 1.165) is 11.8 Å². The Hall–Kier alpha value is 0.450. The van der Waals surface area contributed by atoms with Crippen LogP contribution in [-0.4, -0.2) is 10.2 Å². The van der Waals surface area contributed by atoms with Crippen LogP contribution in [0.4, 0.5) is 0 Å². The highest BCUT2D eigenvalue weighted by Crippen LogP contribution is 2.16. The highest BCUT2D eigenvalue weighted by atomic mass is 79.9. The van der Waals surface area contributed by atoms with E-state index in [1.165, 1.54) is 0 Å². The van der Waals surface area contributed by atoms with Gasteiger partial charge in [-0.15, -0.1) is 0 Å². The molecule has 0 N–H and O–H groups in total.